The van der Waals surface area contributed by atoms with E-state index >= 15 is 0 Å². The summed E-state index contributed by atoms with van der Waals surface area (Å²) in [6, 6.07) is 20.8. The fraction of sp³-hybridized carbons (Fsp3) is 0.0476. The third-order valence-corrected chi connectivity index (χ3v) is 4.50. The number of hydrogen-bond acceptors (Lipinski definition) is 4. The van der Waals surface area contributed by atoms with E-state index in [9.17, 15) is 4.79 Å². The van der Waals surface area contributed by atoms with Gasteiger partial charge < -0.3 is 9.47 Å². The first-order valence-corrected chi connectivity index (χ1v) is 8.52. The van der Waals surface area contributed by atoms with Gasteiger partial charge >= 0.3 is 0 Å². The number of fused-ring (bicyclic) bond motifs is 1. The van der Waals surface area contributed by atoms with E-state index in [-0.39, 0.29) is 12.4 Å². The van der Waals surface area contributed by atoms with Crippen LogP contribution in [0.1, 0.15) is 0 Å². The van der Waals surface area contributed by atoms with Crippen molar-refractivity contribution in [3.8, 4) is 39.7 Å². The fourth-order valence-electron chi connectivity index (χ4n) is 3.22. The second-order valence-electron chi connectivity index (χ2n) is 6.15. The Morgan fingerprint density at radius 3 is 2.56 bits per heavy atom. The van der Waals surface area contributed by atoms with Crippen molar-refractivity contribution >= 4 is 0 Å². The molecule has 0 amide bonds. The molecular weight excluding hydrogens is 342 g/mol. The van der Waals surface area contributed by atoms with Crippen molar-refractivity contribution in [3.63, 3.8) is 0 Å². The number of hydrogen-bond donors (Lipinski definition) is 1. The first-order valence-electron chi connectivity index (χ1n) is 8.52. The third kappa shape index (κ3) is 2.67. The minimum Gasteiger partial charge on any atom is -0.454 e. The number of H-pyrrole nitrogens is 1. The number of nitrogens with one attached hydrogen (secondary N) is 1. The van der Waals surface area contributed by atoms with E-state index in [0.29, 0.717) is 5.82 Å². The molecule has 132 valence electrons. The average molecular weight is 357 g/mol. The molecule has 0 atom stereocenters. The Hall–Kier alpha value is -3.80. The van der Waals surface area contributed by atoms with Crippen LogP contribution in [0.15, 0.2) is 77.7 Å². The molecule has 1 N–H and O–H groups in total. The van der Waals surface area contributed by atoms with Crippen LogP contribution < -0.4 is 15.0 Å². The van der Waals surface area contributed by atoms with E-state index in [0.717, 1.165) is 33.9 Å². The molecule has 27 heavy (non-hydrogen) atoms. The maximum atomic E-state index is 12.5. The smallest absolute Gasteiger partial charge is 0.273 e. The highest BCUT2D eigenvalue weighted by Crippen LogP contribution is 2.38. The van der Waals surface area contributed by atoms with Crippen LogP contribution in [-0.4, -0.2) is 21.6 Å². The molecule has 0 saturated carbocycles. The zero-order valence-electron chi connectivity index (χ0n) is 14.3. The first-order chi connectivity index (χ1) is 13.3. The third-order valence-electron chi connectivity index (χ3n) is 4.50. The SMILES string of the molecule is O=c1cc(-c2ccccc2-c2ccc3c(c2)OCO3)[nH]n1-c1ccccn1. The number of nitrogens with zero attached hydrogens (tertiary/aromatic N) is 2. The summed E-state index contributed by atoms with van der Waals surface area (Å²) in [5, 5.41) is 3.16. The molecule has 1 aliphatic heterocycles. The molecule has 0 aliphatic carbocycles. The van der Waals surface area contributed by atoms with Crippen molar-refractivity contribution in [2.45, 2.75) is 0 Å². The predicted octanol–water partition coefficient (Wildman–Crippen LogP) is 3.62. The highest BCUT2D eigenvalue weighted by Gasteiger charge is 2.17. The van der Waals surface area contributed by atoms with Crippen LogP contribution in [-0.2, 0) is 0 Å². The quantitative estimate of drug-likeness (QED) is 0.608. The van der Waals surface area contributed by atoms with Crippen LogP contribution in [0.25, 0.3) is 28.2 Å². The van der Waals surface area contributed by atoms with E-state index in [4.69, 9.17) is 9.47 Å². The molecular formula is C21H15N3O3. The number of rotatable bonds is 3. The van der Waals surface area contributed by atoms with Gasteiger partial charge in [-0.2, -0.15) is 0 Å². The highest BCUT2D eigenvalue weighted by molar-refractivity contribution is 5.82. The standard InChI is InChI=1S/C21H15N3O3/c25-21-12-17(23-24(21)20-7-3-4-10-22-20)16-6-2-1-5-15(16)14-8-9-18-19(11-14)27-13-26-18/h1-12,23H,13H2. The van der Waals surface area contributed by atoms with Crippen LogP contribution in [0.2, 0.25) is 0 Å². The Labute approximate surface area is 154 Å². The molecule has 3 heterocycles. The Bertz CT molecular complexity index is 1180. The van der Waals surface area contributed by atoms with Crippen molar-refractivity contribution in [2.24, 2.45) is 0 Å². The zero-order chi connectivity index (χ0) is 18.2. The molecule has 1 aliphatic rings. The van der Waals surface area contributed by atoms with Gasteiger partial charge in [0.15, 0.2) is 17.3 Å². The first kappa shape index (κ1) is 15.5. The van der Waals surface area contributed by atoms with Crippen LogP contribution in [0.4, 0.5) is 0 Å². The summed E-state index contributed by atoms with van der Waals surface area (Å²) in [5.41, 5.74) is 3.46. The van der Waals surface area contributed by atoms with Crippen molar-refractivity contribution < 1.29 is 9.47 Å². The van der Waals surface area contributed by atoms with Gasteiger partial charge in [0.1, 0.15) is 0 Å². The molecule has 2 aromatic carbocycles. The Morgan fingerprint density at radius 1 is 0.889 bits per heavy atom. The number of aromatic nitrogens is 3. The monoisotopic (exact) mass is 357 g/mol. The van der Waals surface area contributed by atoms with E-state index in [1.807, 2.05) is 54.6 Å². The van der Waals surface area contributed by atoms with Gasteiger partial charge in [-0.15, -0.1) is 0 Å². The van der Waals surface area contributed by atoms with Gasteiger partial charge in [-0.3, -0.25) is 9.89 Å². The second-order valence-corrected chi connectivity index (χ2v) is 6.15. The number of ether oxygens (including phenoxy) is 2. The van der Waals surface area contributed by atoms with E-state index in [1.54, 1.807) is 18.3 Å². The molecule has 6 heteroatoms. The van der Waals surface area contributed by atoms with E-state index in [2.05, 4.69) is 10.1 Å². The fourth-order valence-corrected chi connectivity index (χ4v) is 3.22. The van der Waals surface area contributed by atoms with Gasteiger partial charge in [0.25, 0.3) is 5.56 Å². The summed E-state index contributed by atoms with van der Waals surface area (Å²) in [6.07, 6.45) is 1.66. The van der Waals surface area contributed by atoms with Gasteiger partial charge in [0.05, 0.1) is 5.69 Å². The summed E-state index contributed by atoms with van der Waals surface area (Å²) < 4.78 is 12.3. The molecule has 0 radical (unpaired) electrons. The lowest BCUT2D eigenvalue weighted by Gasteiger charge is -2.09. The van der Waals surface area contributed by atoms with Crippen LogP contribution in [0.3, 0.4) is 0 Å². The molecule has 6 nitrogen and oxygen atoms in total. The molecule has 0 spiro atoms. The normalized spacial score (nSPS) is 12.3. The van der Waals surface area contributed by atoms with Crippen molar-refractivity contribution in [1.82, 2.24) is 14.8 Å². The molecule has 2 aromatic heterocycles. The van der Waals surface area contributed by atoms with Gasteiger partial charge in [0.2, 0.25) is 6.79 Å². The molecule has 4 aromatic rings. The minimum atomic E-state index is -0.163. The van der Waals surface area contributed by atoms with Gasteiger partial charge in [-0.1, -0.05) is 36.4 Å². The van der Waals surface area contributed by atoms with Crippen molar-refractivity contribution in [3.05, 3.63) is 83.3 Å². The summed E-state index contributed by atoms with van der Waals surface area (Å²) in [4.78, 5) is 16.7. The maximum absolute atomic E-state index is 12.5. The van der Waals surface area contributed by atoms with E-state index < -0.39 is 0 Å². The minimum absolute atomic E-state index is 0.163. The van der Waals surface area contributed by atoms with Crippen LogP contribution in [0, 0.1) is 0 Å². The van der Waals surface area contributed by atoms with Gasteiger partial charge in [-0.05, 0) is 35.4 Å². The highest BCUT2D eigenvalue weighted by atomic mass is 16.7. The summed E-state index contributed by atoms with van der Waals surface area (Å²) in [7, 11) is 0. The Kier molecular flexibility index (Phi) is 3.53. The van der Waals surface area contributed by atoms with Gasteiger partial charge in [-0.25, -0.2) is 9.67 Å². The lowest BCUT2D eigenvalue weighted by Crippen LogP contribution is -2.14. The lowest BCUT2D eigenvalue weighted by molar-refractivity contribution is 0.174. The van der Waals surface area contributed by atoms with Crippen LogP contribution >= 0.6 is 0 Å². The van der Waals surface area contributed by atoms with Crippen molar-refractivity contribution in [2.75, 3.05) is 6.79 Å². The molecule has 0 unspecified atom stereocenters. The van der Waals surface area contributed by atoms with Gasteiger partial charge in [0, 0.05) is 17.8 Å². The van der Waals surface area contributed by atoms with Crippen LogP contribution in [0.5, 0.6) is 11.5 Å². The Morgan fingerprint density at radius 2 is 1.70 bits per heavy atom. The predicted molar refractivity (Wildman–Crippen MR) is 101 cm³/mol. The number of aromatic amines is 1. The molecule has 5 rings (SSSR count). The topological polar surface area (TPSA) is 69.1 Å². The van der Waals surface area contributed by atoms with E-state index in [1.165, 1.54) is 4.68 Å². The second kappa shape index (κ2) is 6.17. The maximum Gasteiger partial charge on any atom is 0.273 e. The number of benzene rings is 2. The lowest BCUT2D eigenvalue weighted by atomic mass is 9.97. The largest absolute Gasteiger partial charge is 0.454 e. The molecule has 0 saturated heterocycles. The number of pyridine rings is 1. The Balaban J connectivity index is 1.63. The van der Waals surface area contributed by atoms with Crippen molar-refractivity contribution in [1.29, 1.82) is 0 Å². The average Bonchev–Trinajstić information content (AvgIpc) is 3.34. The summed E-state index contributed by atoms with van der Waals surface area (Å²) in [6.45, 7) is 0.237. The zero-order valence-corrected chi connectivity index (χ0v) is 14.3. The summed E-state index contributed by atoms with van der Waals surface area (Å²) >= 11 is 0. The molecule has 0 fully saturated rings. The molecule has 0 bridgehead atoms. The summed E-state index contributed by atoms with van der Waals surface area (Å²) in [5.74, 6) is 2.02.